The third-order valence-electron chi connectivity index (χ3n) is 3.20. The smallest absolute Gasteiger partial charge is 0.311 e. The summed E-state index contributed by atoms with van der Waals surface area (Å²) in [4.78, 5) is 23.5. The van der Waals surface area contributed by atoms with E-state index >= 15 is 0 Å². The van der Waals surface area contributed by atoms with E-state index < -0.39 is 12.1 Å². The van der Waals surface area contributed by atoms with Gasteiger partial charge in [-0.15, -0.1) is 0 Å². The van der Waals surface area contributed by atoms with Crippen LogP contribution in [0, 0.1) is 13.8 Å². The molecule has 5 nitrogen and oxygen atoms in total. The van der Waals surface area contributed by atoms with Crippen molar-refractivity contribution in [3.8, 4) is 0 Å². The Kier molecular flexibility index (Phi) is 6.88. The average Bonchev–Trinajstić information content (AvgIpc) is 2.43. The summed E-state index contributed by atoms with van der Waals surface area (Å²) in [6.07, 6.45) is -0.641. The van der Waals surface area contributed by atoms with Crippen LogP contribution >= 0.6 is 0 Å². The highest BCUT2D eigenvalue weighted by molar-refractivity contribution is 5.83. The number of aryl methyl sites for hydroxylation is 2. The number of benzene rings is 1. The molecule has 0 aromatic heterocycles. The molecule has 21 heavy (non-hydrogen) atoms. The molecule has 0 aliphatic carbocycles. The van der Waals surface area contributed by atoms with Crippen molar-refractivity contribution in [2.75, 3.05) is 20.3 Å². The van der Waals surface area contributed by atoms with Crippen LogP contribution in [0.15, 0.2) is 18.2 Å². The van der Waals surface area contributed by atoms with Gasteiger partial charge < -0.3 is 14.8 Å². The van der Waals surface area contributed by atoms with Gasteiger partial charge in [0.05, 0.1) is 13.0 Å². The standard InChI is InChI=1S/C16H23NO4/c1-11-5-6-14(9-12(11)2)10-15(18)21-13(3)16(19)17-7-8-20-4/h5-6,9,13H,7-8,10H2,1-4H3,(H,17,19)/t13-/m1/s1. The lowest BCUT2D eigenvalue weighted by Gasteiger charge is -2.13. The summed E-state index contributed by atoms with van der Waals surface area (Å²) >= 11 is 0. The first-order valence-corrected chi connectivity index (χ1v) is 6.96. The van der Waals surface area contributed by atoms with Crippen LogP contribution in [-0.2, 0) is 25.5 Å². The summed E-state index contributed by atoms with van der Waals surface area (Å²) in [6, 6.07) is 5.83. The maximum atomic E-state index is 11.8. The van der Waals surface area contributed by atoms with E-state index in [1.807, 2.05) is 32.0 Å². The highest BCUT2D eigenvalue weighted by atomic mass is 16.5. The molecule has 0 saturated carbocycles. The molecule has 0 bridgehead atoms. The van der Waals surface area contributed by atoms with E-state index in [1.54, 1.807) is 14.0 Å². The van der Waals surface area contributed by atoms with Crippen molar-refractivity contribution in [3.05, 3.63) is 34.9 Å². The maximum Gasteiger partial charge on any atom is 0.311 e. The topological polar surface area (TPSA) is 64.6 Å². The van der Waals surface area contributed by atoms with Crippen LogP contribution in [0.2, 0.25) is 0 Å². The number of hydrogen-bond acceptors (Lipinski definition) is 4. The van der Waals surface area contributed by atoms with Crippen molar-refractivity contribution in [1.82, 2.24) is 5.32 Å². The number of carbonyl (C=O) groups excluding carboxylic acids is 2. The Balaban J connectivity index is 2.45. The van der Waals surface area contributed by atoms with Gasteiger partial charge in [-0.3, -0.25) is 9.59 Å². The predicted molar refractivity (Wildman–Crippen MR) is 80.1 cm³/mol. The molecule has 0 radical (unpaired) electrons. The fraction of sp³-hybridized carbons (Fsp3) is 0.500. The van der Waals surface area contributed by atoms with E-state index in [0.29, 0.717) is 13.2 Å². The van der Waals surface area contributed by atoms with Gasteiger partial charge in [-0.2, -0.15) is 0 Å². The van der Waals surface area contributed by atoms with Gasteiger partial charge in [0.15, 0.2) is 6.10 Å². The number of rotatable bonds is 7. The van der Waals surface area contributed by atoms with Gasteiger partial charge in [0.2, 0.25) is 0 Å². The molecule has 1 atom stereocenters. The van der Waals surface area contributed by atoms with Gasteiger partial charge in [-0.1, -0.05) is 18.2 Å². The number of nitrogens with one attached hydrogen (secondary N) is 1. The molecule has 0 saturated heterocycles. The highest BCUT2D eigenvalue weighted by Crippen LogP contribution is 2.11. The summed E-state index contributed by atoms with van der Waals surface area (Å²) in [6.45, 7) is 6.39. The molecular formula is C16H23NO4. The second kappa shape index (κ2) is 8.42. The Hall–Kier alpha value is -1.88. The van der Waals surface area contributed by atoms with Crippen molar-refractivity contribution >= 4 is 11.9 Å². The minimum absolute atomic E-state index is 0.164. The van der Waals surface area contributed by atoms with E-state index in [9.17, 15) is 9.59 Å². The number of amides is 1. The van der Waals surface area contributed by atoms with Gasteiger partial charge in [0.25, 0.3) is 5.91 Å². The molecule has 116 valence electrons. The lowest BCUT2D eigenvalue weighted by molar-refractivity contribution is -0.154. The maximum absolute atomic E-state index is 11.8. The van der Waals surface area contributed by atoms with Crippen LogP contribution in [0.1, 0.15) is 23.6 Å². The summed E-state index contributed by atoms with van der Waals surface area (Å²) in [7, 11) is 1.55. The number of methoxy groups -OCH3 is 1. The van der Waals surface area contributed by atoms with Crippen LogP contribution in [0.5, 0.6) is 0 Å². The van der Waals surface area contributed by atoms with Crippen LogP contribution in [0.3, 0.4) is 0 Å². The normalized spacial score (nSPS) is 11.8. The number of esters is 1. The van der Waals surface area contributed by atoms with E-state index in [0.717, 1.165) is 11.1 Å². The quantitative estimate of drug-likeness (QED) is 0.612. The molecule has 1 rings (SSSR count). The number of ether oxygens (including phenoxy) is 2. The summed E-state index contributed by atoms with van der Waals surface area (Å²) in [5.41, 5.74) is 3.19. The van der Waals surface area contributed by atoms with Gasteiger partial charge in [-0.05, 0) is 37.5 Å². The molecule has 1 aromatic carbocycles. The largest absolute Gasteiger partial charge is 0.452 e. The Morgan fingerprint density at radius 3 is 2.57 bits per heavy atom. The third kappa shape index (κ3) is 5.95. The first kappa shape index (κ1) is 17.2. The minimum atomic E-state index is -0.805. The minimum Gasteiger partial charge on any atom is -0.452 e. The summed E-state index contributed by atoms with van der Waals surface area (Å²) < 4.78 is 9.96. The van der Waals surface area contributed by atoms with E-state index in [4.69, 9.17) is 9.47 Å². The Labute approximate surface area is 125 Å². The summed E-state index contributed by atoms with van der Waals surface area (Å²) in [5, 5.41) is 2.63. The van der Waals surface area contributed by atoms with Gasteiger partial charge in [-0.25, -0.2) is 0 Å². The van der Waals surface area contributed by atoms with E-state index in [1.165, 1.54) is 5.56 Å². The van der Waals surface area contributed by atoms with Gasteiger partial charge in [0, 0.05) is 13.7 Å². The van der Waals surface area contributed by atoms with Gasteiger partial charge in [0.1, 0.15) is 0 Å². The van der Waals surface area contributed by atoms with Crippen LogP contribution in [0.25, 0.3) is 0 Å². The molecule has 0 heterocycles. The zero-order valence-electron chi connectivity index (χ0n) is 13.1. The number of hydrogen-bond donors (Lipinski definition) is 1. The predicted octanol–water partition coefficient (Wildman–Crippen LogP) is 1.54. The Morgan fingerprint density at radius 2 is 1.95 bits per heavy atom. The molecule has 1 aromatic rings. The Bertz CT molecular complexity index is 499. The monoisotopic (exact) mass is 293 g/mol. The molecule has 1 amide bonds. The summed E-state index contributed by atoms with van der Waals surface area (Å²) in [5.74, 6) is -0.729. The van der Waals surface area contributed by atoms with E-state index in [2.05, 4.69) is 5.32 Å². The first-order valence-electron chi connectivity index (χ1n) is 6.96. The van der Waals surface area contributed by atoms with Gasteiger partial charge >= 0.3 is 5.97 Å². The van der Waals surface area contributed by atoms with E-state index in [-0.39, 0.29) is 12.3 Å². The molecule has 5 heteroatoms. The molecule has 0 aliphatic heterocycles. The Morgan fingerprint density at radius 1 is 1.24 bits per heavy atom. The fourth-order valence-electron chi connectivity index (χ4n) is 1.79. The SMILES string of the molecule is COCCNC(=O)[C@@H](C)OC(=O)Cc1ccc(C)c(C)c1. The third-order valence-corrected chi connectivity index (χ3v) is 3.20. The first-order chi connectivity index (χ1) is 9.93. The lowest BCUT2D eigenvalue weighted by Crippen LogP contribution is -2.37. The molecular weight excluding hydrogens is 270 g/mol. The molecule has 0 aliphatic rings. The van der Waals surface area contributed by atoms with Crippen molar-refractivity contribution in [2.24, 2.45) is 0 Å². The molecule has 0 unspecified atom stereocenters. The fourth-order valence-corrected chi connectivity index (χ4v) is 1.79. The van der Waals surface area contributed by atoms with Crippen molar-refractivity contribution in [3.63, 3.8) is 0 Å². The number of carbonyl (C=O) groups is 2. The second-order valence-corrected chi connectivity index (χ2v) is 5.01. The van der Waals surface area contributed by atoms with Crippen LogP contribution < -0.4 is 5.32 Å². The van der Waals surface area contributed by atoms with Crippen LogP contribution in [0.4, 0.5) is 0 Å². The molecule has 0 spiro atoms. The van der Waals surface area contributed by atoms with Crippen molar-refractivity contribution in [2.45, 2.75) is 33.3 Å². The van der Waals surface area contributed by atoms with Crippen molar-refractivity contribution in [1.29, 1.82) is 0 Å². The second-order valence-electron chi connectivity index (χ2n) is 5.01. The molecule has 1 N–H and O–H groups in total. The average molecular weight is 293 g/mol. The lowest BCUT2D eigenvalue weighted by atomic mass is 10.0. The van der Waals surface area contributed by atoms with Crippen molar-refractivity contribution < 1.29 is 19.1 Å². The molecule has 0 fully saturated rings. The van der Waals surface area contributed by atoms with Crippen LogP contribution in [-0.4, -0.2) is 38.2 Å². The zero-order chi connectivity index (χ0) is 15.8. The highest BCUT2D eigenvalue weighted by Gasteiger charge is 2.17. The zero-order valence-corrected chi connectivity index (χ0v) is 13.1.